The summed E-state index contributed by atoms with van der Waals surface area (Å²) in [6.45, 7) is 4.22. The highest BCUT2D eigenvalue weighted by Crippen LogP contribution is 2.21. The van der Waals surface area contributed by atoms with Gasteiger partial charge in [0.25, 0.3) is 5.91 Å². The van der Waals surface area contributed by atoms with Crippen LogP contribution in [0.2, 0.25) is 0 Å². The van der Waals surface area contributed by atoms with Crippen LogP contribution in [0, 0.1) is 0 Å². The summed E-state index contributed by atoms with van der Waals surface area (Å²) in [5, 5.41) is 0. The van der Waals surface area contributed by atoms with Crippen LogP contribution >= 0.6 is 0 Å². The lowest BCUT2D eigenvalue weighted by Gasteiger charge is -2.35. The lowest BCUT2D eigenvalue weighted by molar-refractivity contribution is 0.0635. The van der Waals surface area contributed by atoms with E-state index in [4.69, 9.17) is 9.47 Å². The standard InChI is InChI=1S/C21H26N2O3/c1-25-19-9-5-3-7-17(19)11-12-22-13-15-23(16-14-22)21(24)18-8-4-6-10-20(18)26-2/h3-10H,11-16H2,1-2H3. The van der Waals surface area contributed by atoms with Gasteiger partial charge in [-0.25, -0.2) is 0 Å². The number of rotatable bonds is 6. The molecule has 5 nitrogen and oxygen atoms in total. The second-order valence-corrected chi connectivity index (χ2v) is 6.40. The van der Waals surface area contributed by atoms with Gasteiger partial charge in [0.1, 0.15) is 11.5 Å². The fourth-order valence-corrected chi connectivity index (χ4v) is 3.35. The molecule has 1 amide bonds. The highest BCUT2D eigenvalue weighted by atomic mass is 16.5. The van der Waals surface area contributed by atoms with Gasteiger partial charge < -0.3 is 14.4 Å². The minimum Gasteiger partial charge on any atom is -0.496 e. The van der Waals surface area contributed by atoms with E-state index in [1.807, 2.05) is 47.4 Å². The van der Waals surface area contributed by atoms with E-state index in [0.29, 0.717) is 11.3 Å². The summed E-state index contributed by atoms with van der Waals surface area (Å²) in [7, 11) is 3.31. The van der Waals surface area contributed by atoms with Gasteiger partial charge in [-0.2, -0.15) is 0 Å². The molecule has 3 rings (SSSR count). The maximum absolute atomic E-state index is 12.8. The number of para-hydroxylation sites is 2. The van der Waals surface area contributed by atoms with Crippen molar-refractivity contribution in [1.82, 2.24) is 9.80 Å². The third-order valence-corrected chi connectivity index (χ3v) is 4.89. The largest absolute Gasteiger partial charge is 0.496 e. The minimum atomic E-state index is 0.0480. The fourth-order valence-electron chi connectivity index (χ4n) is 3.35. The molecule has 1 aliphatic rings. The first-order chi connectivity index (χ1) is 12.7. The first-order valence-corrected chi connectivity index (χ1v) is 8.99. The van der Waals surface area contributed by atoms with Crippen molar-refractivity contribution in [3.05, 3.63) is 59.7 Å². The molecule has 2 aromatic rings. The maximum Gasteiger partial charge on any atom is 0.257 e. The summed E-state index contributed by atoms with van der Waals surface area (Å²) < 4.78 is 10.7. The van der Waals surface area contributed by atoms with E-state index < -0.39 is 0 Å². The summed E-state index contributed by atoms with van der Waals surface area (Å²) >= 11 is 0. The number of ether oxygens (including phenoxy) is 2. The molecule has 5 heteroatoms. The van der Waals surface area contributed by atoms with Crippen LogP contribution in [0.25, 0.3) is 0 Å². The van der Waals surface area contributed by atoms with Crippen molar-refractivity contribution in [1.29, 1.82) is 0 Å². The van der Waals surface area contributed by atoms with Crippen molar-refractivity contribution < 1.29 is 14.3 Å². The molecule has 0 spiro atoms. The van der Waals surface area contributed by atoms with Crippen molar-refractivity contribution in [3.8, 4) is 11.5 Å². The molecule has 1 saturated heterocycles. The molecule has 1 fully saturated rings. The van der Waals surface area contributed by atoms with Crippen LogP contribution in [0.3, 0.4) is 0 Å². The zero-order valence-corrected chi connectivity index (χ0v) is 15.5. The lowest BCUT2D eigenvalue weighted by Crippen LogP contribution is -2.49. The number of methoxy groups -OCH3 is 2. The lowest BCUT2D eigenvalue weighted by atomic mass is 10.1. The summed E-state index contributed by atoms with van der Waals surface area (Å²) in [5.41, 5.74) is 1.86. The first kappa shape index (κ1) is 18.3. The molecule has 1 heterocycles. The van der Waals surface area contributed by atoms with E-state index >= 15 is 0 Å². The molecule has 2 aromatic carbocycles. The molecule has 0 bridgehead atoms. The quantitative estimate of drug-likeness (QED) is 0.800. The van der Waals surface area contributed by atoms with Gasteiger partial charge in [-0.05, 0) is 30.2 Å². The molecule has 0 aromatic heterocycles. The van der Waals surface area contributed by atoms with E-state index in [9.17, 15) is 4.79 Å². The van der Waals surface area contributed by atoms with Gasteiger partial charge in [0, 0.05) is 32.7 Å². The predicted octanol–water partition coefficient (Wildman–Crippen LogP) is 2.70. The number of hydrogen-bond donors (Lipinski definition) is 0. The Balaban J connectivity index is 1.53. The maximum atomic E-state index is 12.8. The van der Waals surface area contributed by atoms with Crippen LogP contribution in [-0.4, -0.2) is 62.7 Å². The first-order valence-electron chi connectivity index (χ1n) is 8.99. The summed E-state index contributed by atoms with van der Waals surface area (Å²) in [5.74, 6) is 1.63. The Labute approximate surface area is 155 Å². The molecular weight excluding hydrogens is 328 g/mol. The van der Waals surface area contributed by atoms with Gasteiger partial charge in [-0.1, -0.05) is 30.3 Å². The Bertz CT molecular complexity index is 740. The Hall–Kier alpha value is -2.53. The Kier molecular flexibility index (Phi) is 6.12. The zero-order valence-electron chi connectivity index (χ0n) is 15.5. The van der Waals surface area contributed by atoms with Gasteiger partial charge in [-0.15, -0.1) is 0 Å². The van der Waals surface area contributed by atoms with Crippen molar-refractivity contribution >= 4 is 5.91 Å². The predicted molar refractivity (Wildman–Crippen MR) is 102 cm³/mol. The van der Waals surface area contributed by atoms with Crippen LogP contribution in [0.15, 0.2) is 48.5 Å². The van der Waals surface area contributed by atoms with Crippen molar-refractivity contribution in [2.75, 3.05) is 46.9 Å². The highest BCUT2D eigenvalue weighted by Gasteiger charge is 2.24. The van der Waals surface area contributed by atoms with Crippen LogP contribution in [0.4, 0.5) is 0 Å². The van der Waals surface area contributed by atoms with Gasteiger partial charge in [0.2, 0.25) is 0 Å². The number of carbonyl (C=O) groups is 1. The third-order valence-electron chi connectivity index (χ3n) is 4.89. The van der Waals surface area contributed by atoms with Crippen LogP contribution < -0.4 is 9.47 Å². The molecule has 0 saturated carbocycles. The van der Waals surface area contributed by atoms with Gasteiger partial charge in [0.05, 0.1) is 19.8 Å². The van der Waals surface area contributed by atoms with Crippen LogP contribution in [-0.2, 0) is 6.42 Å². The summed E-state index contributed by atoms with van der Waals surface area (Å²) in [6.07, 6.45) is 0.949. The van der Waals surface area contributed by atoms with Crippen molar-refractivity contribution in [2.24, 2.45) is 0 Å². The highest BCUT2D eigenvalue weighted by molar-refractivity contribution is 5.97. The van der Waals surface area contributed by atoms with Gasteiger partial charge in [-0.3, -0.25) is 9.69 Å². The van der Waals surface area contributed by atoms with E-state index in [0.717, 1.165) is 44.9 Å². The van der Waals surface area contributed by atoms with E-state index in [2.05, 4.69) is 11.0 Å². The van der Waals surface area contributed by atoms with Gasteiger partial charge >= 0.3 is 0 Å². The van der Waals surface area contributed by atoms with Crippen LogP contribution in [0.1, 0.15) is 15.9 Å². The Morgan fingerprint density at radius 1 is 0.885 bits per heavy atom. The molecule has 138 valence electrons. The SMILES string of the molecule is COc1ccccc1CCN1CCN(C(=O)c2ccccc2OC)CC1. The summed E-state index contributed by atoms with van der Waals surface area (Å²) in [6, 6.07) is 15.6. The number of hydrogen-bond acceptors (Lipinski definition) is 4. The summed E-state index contributed by atoms with van der Waals surface area (Å²) in [4.78, 5) is 17.1. The average molecular weight is 354 g/mol. The second-order valence-electron chi connectivity index (χ2n) is 6.40. The minimum absolute atomic E-state index is 0.0480. The zero-order chi connectivity index (χ0) is 18.4. The van der Waals surface area contributed by atoms with Crippen molar-refractivity contribution in [2.45, 2.75) is 6.42 Å². The normalized spacial score (nSPS) is 14.9. The van der Waals surface area contributed by atoms with E-state index in [-0.39, 0.29) is 5.91 Å². The second kappa shape index (κ2) is 8.72. The molecule has 1 aliphatic heterocycles. The molecule has 0 unspecified atom stereocenters. The molecule has 0 radical (unpaired) electrons. The fraction of sp³-hybridized carbons (Fsp3) is 0.381. The number of nitrogens with zero attached hydrogens (tertiary/aromatic N) is 2. The van der Waals surface area contributed by atoms with E-state index in [1.165, 1.54) is 5.56 Å². The van der Waals surface area contributed by atoms with E-state index in [1.54, 1.807) is 14.2 Å². The molecule has 26 heavy (non-hydrogen) atoms. The Morgan fingerprint density at radius 3 is 2.19 bits per heavy atom. The number of benzene rings is 2. The van der Waals surface area contributed by atoms with Crippen molar-refractivity contribution in [3.63, 3.8) is 0 Å². The molecule has 0 aliphatic carbocycles. The number of carbonyl (C=O) groups excluding carboxylic acids is 1. The molecule has 0 N–H and O–H groups in total. The number of amides is 1. The number of piperazine rings is 1. The Morgan fingerprint density at radius 2 is 1.50 bits per heavy atom. The smallest absolute Gasteiger partial charge is 0.257 e. The van der Waals surface area contributed by atoms with Crippen LogP contribution in [0.5, 0.6) is 11.5 Å². The monoisotopic (exact) mass is 354 g/mol. The average Bonchev–Trinajstić information content (AvgIpc) is 2.72. The van der Waals surface area contributed by atoms with Gasteiger partial charge in [0.15, 0.2) is 0 Å². The molecule has 0 atom stereocenters. The molecular formula is C21H26N2O3. The topological polar surface area (TPSA) is 42.0 Å². The third kappa shape index (κ3) is 4.17.